The number of imidazole rings is 1. The molecule has 1 N–H and O–H groups in total. The SMILES string of the molecule is O=C(NCc1cn2ccccc2n1)C1CCN(C(=O)c2ccc(F)cc2F)CC1. The molecule has 1 aliphatic heterocycles. The first-order chi connectivity index (χ1) is 14.0. The Hall–Kier alpha value is -3.29. The highest BCUT2D eigenvalue weighted by molar-refractivity contribution is 5.94. The number of carbonyl (C=O) groups excluding carboxylic acids is 2. The van der Waals surface area contributed by atoms with E-state index in [4.69, 9.17) is 0 Å². The summed E-state index contributed by atoms with van der Waals surface area (Å²) in [6.45, 7) is 1.03. The summed E-state index contributed by atoms with van der Waals surface area (Å²) >= 11 is 0. The van der Waals surface area contributed by atoms with Crippen LogP contribution in [0.15, 0.2) is 48.8 Å². The van der Waals surface area contributed by atoms with Gasteiger partial charge in [0, 0.05) is 37.5 Å². The van der Waals surface area contributed by atoms with E-state index >= 15 is 0 Å². The zero-order valence-corrected chi connectivity index (χ0v) is 15.6. The first-order valence-corrected chi connectivity index (χ1v) is 9.46. The zero-order chi connectivity index (χ0) is 20.4. The van der Waals surface area contributed by atoms with Crippen LogP contribution in [-0.4, -0.2) is 39.2 Å². The smallest absolute Gasteiger partial charge is 0.256 e. The molecule has 2 aromatic heterocycles. The van der Waals surface area contributed by atoms with Gasteiger partial charge >= 0.3 is 0 Å². The third kappa shape index (κ3) is 4.11. The molecular weight excluding hydrogens is 378 g/mol. The lowest BCUT2D eigenvalue weighted by atomic mass is 9.95. The van der Waals surface area contributed by atoms with Gasteiger partial charge in [0.25, 0.3) is 5.91 Å². The number of carbonyl (C=O) groups is 2. The van der Waals surface area contributed by atoms with E-state index in [9.17, 15) is 18.4 Å². The average Bonchev–Trinajstić information content (AvgIpc) is 3.15. The third-order valence-electron chi connectivity index (χ3n) is 5.17. The van der Waals surface area contributed by atoms with Crippen LogP contribution >= 0.6 is 0 Å². The number of benzene rings is 1. The number of pyridine rings is 1. The van der Waals surface area contributed by atoms with Crippen molar-refractivity contribution in [3.8, 4) is 0 Å². The van der Waals surface area contributed by atoms with Crippen LogP contribution in [0, 0.1) is 17.6 Å². The van der Waals surface area contributed by atoms with Gasteiger partial charge in [-0.1, -0.05) is 6.07 Å². The number of halogens is 2. The van der Waals surface area contributed by atoms with Crippen LogP contribution in [0.4, 0.5) is 8.78 Å². The molecule has 6 nitrogen and oxygen atoms in total. The third-order valence-corrected chi connectivity index (χ3v) is 5.17. The summed E-state index contributed by atoms with van der Waals surface area (Å²) in [5.41, 5.74) is 1.43. The lowest BCUT2D eigenvalue weighted by Gasteiger charge is -2.31. The van der Waals surface area contributed by atoms with Crippen LogP contribution in [0.3, 0.4) is 0 Å². The van der Waals surface area contributed by atoms with Crippen molar-refractivity contribution in [3.63, 3.8) is 0 Å². The monoisotopic (exact) mass is 398 g/mol. The molecule has 0 spiro atoms. The van der Waals surface area contributed by atoms with E-state index in [0.717, 1.165) is 23.5 Å². The van der Waals surface area contributed by atoms with Gasteiger partial charge in [0.1, 0.15) is 17.3 Å². The molecule has 29 heavy (non-hydrogen) atoms. The summed E-state index contributed by atoms with van der Waals surface area (Å²) in [4.78, 5) is 30.9. The van der Waals surface area contributed by atoms with Crippen molar-refractivity contribution >= 4 is 17.5 Å². The van der Waals surface area contributed by atoms with Crippen molar-refractivity contribution in [2.75, 3.05) is 13.1 Å². The maximum absolute atomic E-state index is 13.8. The van der Waals surface area contributed by atoms with Gasteiger partial charge in [-0.2, -0.15) is 0 Å². The van der Waals surface area contributed by atoms with Crippen LogP contribution < -0.4 is 5.32 Å². The van der Waals surface area contributed by atoms with E-state index in [1.165, 1.54) is 4.90 Å². The molecule has 4 rings (SSSR count). The fourth-order valence-electron chi connectivity index (χ4n) is 3.57. The minimum absolute atomic E-state index is 0.0814. The summed E-state index contributed by atoms with van der Waals surface area (Å²) in [6.07, 6.45) is 4.75. The normalized spacial score (nSPS) is 14.9. The second-order valence-corrected chi connectivity index (χ2v) is 7.11. The quantitative estimate of drug-likeness (QED) is 0.735. The van der Waals surface area contributed by atoms with Crippen molar-refractivity contribution in [1.29, 1.82) is 0 Å². The molecule has 0 bridgehead atoms. The van der Waals surface area contributed by atoms with Crippen LogP contribution in [-0.2, 0) is 11.3 Å². The Morgan fingerprint density at radius 1 is 1.14 bits per heavy atom. The van der Waals surface area contributed by atoms with Crippen molar-refractivity contribution in [3.05, 3.63) is 71.7 Å². The van der Waals surface area contributed by atoms with Crippen molar-refractivity contribution < 1.29 is 18.4 Å². The molecule has 0 atom stereocenters. The highest BCUT2D eigenvalue weighted by Crippen LogP contribution is 2.21. The number of nitrogens with one attached hydrogen (secondary N) is 1. The molecule has 2 amide bonds. The molecule has 1 saturated heterocycles. The van der Waals surface area contributed by atoms with Crippen molar-refractivity contribution in [1.82, 2.24) is 19.6 Å². The first-order valence-electron chi connectivity index (χ1n) is 9.46. The number of amides is 2. The molecule has 150 valence electrons. The van der Waals surface area contributed by atoms with Crippen LogP contribution in [0.1, 0.15) is 28.9 Å². The predicted molar refractivity (Wildman–Crippen MR) is 102 cm³/mol. The summed E-state index contributed by atoms with van der Waals surface area (Å²) in [6, 6.07) is 8.62. The molecule has 1 fully saturated rings. The Balaban J connectivity index is 1.30. The Labute approximate surface area is 166 Å². The molecule has 8 heteroatoms. The molecule has 0 aliphatic carbocycles. The van der Waals surface area contributed by atoms with Crippen LogP contribution in [0.2, 0.25) is 0 Å². The highest BCUT2D eigenvalue weighted by Gasteiger charge is 2.28. The Bertz CT molecular complexity index is 1020. The maximum atomic E-state index is 13.8. The van der Waals surface area contributed by atoms with E-state index in [1.807, 2.05) is 35.0 Å². The van der Waals surface area contributed by atoms with Gasteiger partial charge in [0.15, 0.2) is 0 Å². The second-order valence-electron chi connectivity index (χ2n) is 7.11. The topological polar surface area (TPSA) is 66.7 Å². The lowest BCUT2D eigenvalue weighted by molar-refractivity contribution is -0.126. The standard InChI is InChI=1S/C21H20F2N4O2/c22-15-4-5-17(18(23)11-15)21(29)26-9-6-14(7-10-26)20(28)24-12-16-13-27-8-2-1-3-19(27)25-16/h1-5,8,11,13-14H,6-7,9-10,12H2,(H,24,28). The fourth-order valence-corrected chi connectivity index (χ4v) is 3.57. The van der Waals surface area contributed by atoms with Gasteiger partial charge in [0.05, 0.1) is 17.8 Å². The van der Waals surface area contributed by atoms with Gasteiger partial charge in [0.2, 0.25) is 5.91 Å². The number of likely N-dealkylation sites (tertiary alicyclic amines) is 1. The Morgan fingerprint density at radius 3 is 2.66 bits per heavy atom. The zero-order valence-electron chi connectivity index (χ0n) is 15.6. The highest BCUT2D eigenvalue weighted by atomic mass is 19.1. The van der Waals surface area contributed by atoms with E-state index in [-0.39, 0.29) is 17.4 Å². The number of aromatic nitrogens is 2. The van der Waals surface area contributed by atoms with Gasteiger partial charge in [-0.3, -0.25) is 9.59 Å². The molecule has 0 unspecified atom stereocenters. The average molecular weight is 398 g/mol. The molecule has 0 saturated carbocycles. The predicted octanol–water partition coefficient (Wildman–Crippen LogP) is 2.78. The number of rotatable bonds is 4. The summed E-state index contributed by atoms with van der Waals surface area (Å²) in [5, 5.41) is 2.90. The number of hydrogen-bond donors (Lipinski definition) is 1. The van der Waals surface area contributed by atoms with E-state index in [2.05, 4.69) is 10.3 Å². The number of nitrogens with zero attached hydrogens (tertiary/aromatic N) is 3. The fraction of sp³-hybridized carbons (Fsp3) is 0.286. The van der Waals surface area contributed by atoms with Crippen molar-refractivity contribution in [2.24, 2.45) is 5.92 Å². The van der Waals surface area contributed by atoms with Crippen LogP contribution in [0.25, 0.3) is 5.65 Å². The van der Waals surface area contributed by atoms with E-state index < -0.39 is 17.5 Å². The first kappa shape index (κ1) is 19.0. The molecular formula is C21H20F2N4O2. The van der Waals surface area contributed by atoms with Gasteiger partial charge < -0.3 is 14.6 Å². The summed E-state index contributed by atoms with van der Waals surface area (Å²) < 4.78 is 28.8. The van der Waals surface area contributed by atoms with Crippen LogP contribution in [0.5, 0.6) is 0 Å². The summed E-state index contributed by atoms with van der Waals surface area (Å²) in [7, 11) is 0. The van der Waals surface area contributed by atoms with E-state index in [1.54, 1.807) is 0 Å². The van der Waals surface area contributed by atoms with E-state index in [0.29, 0.717) is 38.5 Å². The second kappa shape index (κ2) is 7.98. The number of fused-ring (bicyclic) bond motifs is 1. The molecule has 3 aromatic rings. The molecule has 1 aliphatic rings. The number of hydrogen-bond acceptors (Lipinski definition) is 3. The Kier molecular flexibility index (Phi) is 5.24. The number of piperidine rings is 1. The van der Waals surface area contributed by atoms with Gasteiger partial charge in [-0.25, -0.2) is 13.8 Å². The minimum atomic E-state index is -0.873. The Morgan fingerprint density at radius 2 is 1.93 bits per heavy atom. The summed E-state index contributed by atoms with van der Waals surface area (Å²) in [5.74, 6) is -2.37. The molecule has 0 radical (unpaired) electrons. The van der Waals surface area contributed by atoms with Gasteiger partial charge in [-0.15, -0.1) is 0 Å². The minimum Gasteiger partial charge on any atom is -0.350 e. The molecule has 3 heterocycles. The maximum Gasteiger partial charge on any atom is 0.256 e. The molecule has 1 aromatic carbocycles. The van der Waals surface area contributed by atoms with Crippen molar-refractivity contribution in [2.45, 2.75) is 19.4 Å². The lowest BCUT2D eigenvalue weighted by Crippen LogP contribution is -2.43. The largest absolute Gasteiger partial charge is 0.350 e. The van der Waals surface area contributed by atoms with Gasteiger partial charge in [-0.05, 0) is 37.1 Å².